The number of carbonyl (C=O) groups excluding carboxylic acids is 1. The van der Waals surface area contributed by atoms with Gasteiger partial charge in [0.25, 0.3) is 5.91 Å². The first kappa shape index (κ1) is 27.2. The number of aliphatic imine (C=N–C) groups is 1. The van der Waals surface area contributed by atoms with Crippen molar-refractivity contribution >= 4 is 39.8 Å². The highest BCUT2D eigenvalue weighted by molar-refractivity contribution is 8.27. The predicted octanol–water partition coefficient (Wildman–Crippen LogP) is 5.85. The van der Waals surface area contributed by atoms with Crippen LogP contribution in [0.2, 0.25) is 0 Å². The van der Waals surface area contributed by atoms with Gasteiger partial charge in [0, 0.05) is 0 Å². The number of alkyl halides is 3. The van der Waals surface area contributed by atoms with Crippen molar-refractivity contribution in [2.24, 2.45) is 10.1 Å². The molecule has 1 atom stereocenters. The van der Waals surface area contributed by atoms with Crippen LogP contribution in [0.15, 0.2) is 58.1 Å². The summed E-state index contributed by atoms with van der Waals surface area (Å²) in [6.07, 6.45) is -2.30. The first-order valence-corrected chi connectivity index (χ1v) is 12.5. The maximum absolute atomic E-state index is 13.0. The second kappa shape index (κ2) is 11.3. The lowest BCUT2D eigenvalue weighted by molar-refractivity contribution is -0.114. The molecule has 38 heavy (non-hydrogen) atoms. The lowest BCUT2D eigenvalue weighted by Crippen LogP contribution is -2.35. The van der Waals surface area contributed by atoms with Gasteiger partial charge in [0.2, 0.25) is 10.2 Å². The van der Waals surface area contributed by atoms with Crippen LogP contribution >= 0.6 is 11.8 Å². The van der Waals surface area contributed by atoms with E-state index in [1.165, 1.54) is 18.7 Å². The molecule has 1 amide bonds. The number of halogens is 3. The number of ether oxygens (including phenoxy) is 3. The molecule has 200 valence electrons. The van der Waals surface area contributed by atoms with E-state index in [9.17, 15) is 18.0 Å². The normalized spacial score (nSPS) is 17.2. The molecule has 2 aliphatic rings. The number of rotatable bonds is 9. The van der Waals surface area contributed by atoms with Gasteiger partial charge in [-0.15, -0.1) is 0 Å². The standard InChI is InChI=1S/C26H25F3N4O4S/c1-4-15(2)17-6-8-18(9-7-17)36-11-12-37-20-10-5-16(14-21(20)35-3)13-19-22(30)33-25(31-23(19)34)38-24(32-33)26(27,28)29/h5-10,13-15,30H,4,11-12H2,1-3H3/b19-13-,30-22?. The largest absolute Gasteiger partial charge is 0.493 e. The topological polar surface area (TPSA) is 96.6 Å². The third-order valence-electron chi connectivity index (χ3n) is 5.87. The number of fused-ring (bicyclic) bond motifs is 1. The van der Waals surface area contributed by atoms with E-state index in [1.54, 1.807) is 18.2 Å². The number of hydrogen-bond donors (Lipinski definition) is 1. The molecule has 0 aromatic heterocycles. The smallest absolute Gasteiger partial charge is 0.441 e. The number of nitrogens with one attached hydrogen (secondary N) is 1. The third-order valence-corrected chi connectivity index (χ3v) is 6.82. The number of methoxy groups -OCH3 is 1. The number of benzene rings is 2. The van der Waals surface area contributed by atoms with Crippen LogP contribution in [0.1, 0.15) is 37.3 Å². The van der Waals surface area contributed by atoms with Crippen LogP contribution < -0.4 is 14.2 Å². The average molecular weight is 547 g/mol. The molecule has 0 spiro atoms. The van der Waals surface area contributed by atoms with Gasteiger partial charge in [-0.2, -0.15) is 28.3 Å². The van der Waals surface area contributed by atoms with Gasteiger partial charge in [0.05, 0.1) is 12.7 Å². The van der Waals surface area contributed by atoms with Crippen molar-refractivity contribution in [3.63, 3.8) is 0 Å². The minimum Gasteiger partial charge on any atom is -0.493 e. The van der Waals surface area contributed by atoms with Crippen molar-refractivity contribution in [1.82, 2.24) is 5.01 Å². The molecule has 1 N–H and O–H groups in total. The number of nitrogens with zero attached hydrogens (tertiary/aromatic N) is 3. The molecule has 0 radical (unpaired) electrons. The van der Waals surface area contributed by atoms with Crippen LogP contribution in [0, 0.1) is 5.41 Å². The van der Waals surface area contributed by atoms with Crippen molar-refractivity contribution in [2.45, 2.75) is 32.4 Å². The van der Waals surface area contributed by atoms with Crippen molar-refractivity contribution < 1.29 is 32.2 Å². The minimum absolute atomic E-state index is 0.201. The fourth-order valence-corrected chi connectivity index (χ4v) is 4.36. The molecule has 2 heterocycles. The number of hydrazone groups is 1. The van der Waals surface area contributed by atoms with Crippen LogP contribution in [0.4, 0.5) is 13.2 Å². The Morgan fingerprint density at radius 1 is 1.11 bits per heavy atom. The lowest BCUT2D eigenvalue weighted by atomic mass is 9.99. The SMILES string of the molecule is CCC(C)c1ccc(OCCOc2ccc(/C=C3/C(=N)N4N=C(C(F)(F)F)SC4=NC3=O)cc2OC)cc1. The molecule has 8 nitrogen and oxygen atoms in total. The van der Waals surface area contributed by atoms with Gasteiger partial charge in [-0.1, -0.05) is 32.0 Å². The summed E-state index contributed by atoms with van der Waals surface area (Å²) >= 11 is 0.201. The van der Waals surface area contributed by atoms with E-state index >= 15 is 0 Å². The Labute approximate surface area is 221 Å². The molecule has 2 aliphatic heterocycles. The van der Waals surface area contributed by atoms with Crippen LogP contribution in [0.25, 0.3) is 6.08 Å². The molecule has 1 unspecified atom stereocenters. The Kier molecular flexibility index (Phi) is 8.10. The fourth-order valence-electron chi connectivity index (χ4n) is 3.61. The monoisotopic (exact) mass is 546 g/mol. The molecule has 2 aromatic carbocycles. The van der Waals surface area contributed by atoms with Crippen LogP contribution in [-0.2, 0) is 4.79 Å². The van der Waals surface area contributed by atoms with Gasteiger partial charge in [-0.25, -0.2) is 0 Å². The first-order chi connectivity index (χ1) is 18.1. The highest BCUT2D eigenvalue weighted by Crippen LogP contribution is 2.36. The summed E-state index contributed by atoms with van der Waals surface area (Å²) in [5.74, 6) is 0.696. The molecule has 0 saturated carbocycles. The molecule has 2 aromatic rings. The molecule has 0 saturated heterocycles. The Morgan fingerprint density at radius 2 is 1.82 bits per heavy atom. The van der Waals surface area contributed by atoms with Gasteiger partial charge in [0.1, 0.15) is 19.0 Å². The molecular weight excluding hydrogens is 521 g/mol. The zero-order valence-corrected chi connectivity index (χ0v) is 21.7. The van der Waals surface area contributed by atoms with Crippen molar-refractivity contribution in [3.8, 4) is 17.2 Å². The molecule has 4 rings (SSSR count). The lowest BCUT2D eigenvalue weighted by Gasteiger charge is -2.20. The van der Waals surface area contributed by atoms with E-state index in [0.717, 1.165) is 12.2 Å². The Bertz CT molecular complexity index is 1320. The maximum Gasteiger partial charge on any atom is 0.441 e. The van der Waals surface area contributed by atoms with Gasteiger partial charge in [-0.3, -0.25) is 10.2 Å². The zero-order valence-electron chi connectivity index (χ0n) is 20.8. The molecule has 12 heteroatoms. The summed E-state index contributed by atoms with van der Waals surface area (Å²) in [5, 5.41) is 10.8. The van der Waals surface area contributed by atoms with E-state index in [2.05, 4.69) is 23.9 Å². The number of amides is 1. The quantitative estimate of drug-likeness (QED) is 0.313. The van der Waals surface area contributed by atoms with Crippen LogP contribution in [0.3, 0.4) is 0 Å². The number of hydrogen-bond acceptors (Lipinski definition) is 7. The Morgan fingerprint density at radius 3 is 2.47 bits per heavy atom. The zero-order chi connectivity index (χ0) is 27.4. The molecule has 0 aliphatic carbocycles. The average Bonchev–Trinajstić information content (AvgIpc) is 3.34. The van der Waals surface area contributed by atoms with Crippen molar-refractivity contribution in [2.75, 3.05) is 20.3 Å². The molecular formula is C26H25F3N4O4S. The minimum atomic E-state index is -4.70. The number of amidine groups is 2. The van der Waals surface area contributed by atoms with Crippen molar-refractivity contribution in [1.29, 1.82) is 5.41 Å². The maximum atomic E-state index is 13.0. The Hall–Kier alpha value is -3.80. The van der Waals surface area contributed by atoms with E-state index < -0.39 is 23.0 Å². The highest BCUT2D eigenvalue weighted by atomic mass is 32.2. The second-order valence-corrected chi connectivity index (χ2v) is 9.36. The van der Waals surface area contributed by atoms with Crippen LogP contribution in [-0.4, -0.2) is 53.5 Å². The summed E-state index contributed by atoms with van der Waals surface area (Å²) in [7, 11) is 1.45. The van der Waals surface area contributed by atoms with Gasteiger partial charge in [-0.05, 0) is 65.6 Å². The molecule has 0 fully saturated rings. The third kappa shape index (κ3) is 6.01. The highest BCUT2D eigenvalue weighted by Gasteiger charge is 2.46. The van der Waals surface area contributed by atoms with E-state index in [1.807, 2.05) is 24.3 Å². The summed E-state index contributed by atoms with van der Waals surface area (Å²) in [5.41, 5.74) is 1.52. The van der Waals surface area contributed by atoms with Gasteiger partial charge < -0.3 is 14.2 Å². The second-order valence-electron chi connectivity index (χ2n) is 8.41. The summed E-state index contributed by atoms with van der Waals surface area (Å²) in [4.78, 5) is 16.1. The van der Waals surface area contributed by atoms with Gasteiger partial charge >= 0.3 is 6.18 Å². The van der Waals surface area contributed by atoms with E-state index in [4.69, 9.17) is 19.6 Å². The van der Waals surface area contributed by atoms with E-state index in [-0.39, 0.29) is 29.1 Å². The fraction of sp³-hybridized carbons (Fsp3) is 0.308. The van der Waals surface area contributed by atoms with E-state index in [0.29, 0.717) is 34.6 Å². The predicted molar refractivity (Wildman–Crippen MR) is 140 cm³/mol. The Balaban J connectivity index is 1.40. The number of carbonyl (C=O) groups is 1. The van der Waals surface area contributed by atoms with Gasteiger partial charge in [0.15, 0.2) is 17.3 Å². The summed E-state index contributed by atoms with van der Waals surface area (Å²) in [6, 6.07) is 12.8. The first-order valence-electron chi connectivity index (χ1n) is 11.7. The summed E-state index contributed by atoms with van der Waals surface area (Å²) < 4.78 is 55.9. The number of thioether (sulfide) groups is 1. The summed E-state index contributed by atoms with van der Waals surface area (Å²) in [6.45, 7) is 4.87. The van der Waals surface area contributed by atoms with Crippen LogP contribution in [0.5, 0.6) is 17.2 Å². The van der Waals surface area contributed by atoms with Crippen molar-refractivity contribution in [3.05, 3.63) is 59.2 Å². The molecule has 0 bridgehead atoms.